The first-order valence-corrected chi connectivity index (χ1v) is 7.35. The molecule has 0 aliphatic heterocycles. The molecule has 0 saturated heterocycles. The van der Waals surface area contributed by atoms with Crippen molar-refractivity contribution in [1.82, 2.24) is 0 Å². The molecular weight excluding hydrogens is 259 g/mol. The molecule has 0 N–H and O–H groups in total. The lowest BCUT2D eigenvalue weighted by Crippen LogP contribution is -2.09. The van der Waals surface area contributed by atoms with Gasteiger partial charge in [0, 0.05) is 11.1 Å². The van der Waals surface area contributed by atoms with Gasteiger partial charge in [0.1, 0.15) is 0 Å². The molecule has 0 aliphatic carbocycles. The third-order valence-electron chi connectivity index (χ3n) is 2.86. The zero-order valence-corrected chi connectivity index (χ0v) is 13.8. The van der Waals surface area contributed by atoms with Gasteiger partial charge in [0.15, 0.2) is 11.6 Å². The molecule has 0 bridgehead atoms. The van der Waals surface area contributed by atoms with Gasteiger partial charge in [0.25, 0.3) is 0 Å². The fourth-order valence-corrected chi connectivity index (χ4v) is 2.42. The smallest absolute Gasteiger partial charge is 0.619 e. The van der Waals surface area contributed by atoms with Crippen LogP contribution < -0.4 is 0 Å². The van der Waals surface area contributed by atoms with Crippen molar-refractivity contribution in [2.75, 3.05) is 0 Å². The minimum absolute atomic E-state index is 0.0182. The first-order chi connectivity index (χ1) is 8.84. The monoisotopic (exact) mass is 281 g/mol. The molecule has 0 saturated carbocycles. The molecule has 0 aromatic carbocycles. The fraction of sp³-hybridized carbons (Fsp3) is 0.571. The van der Waals surface area contributed by atoms with Gasteiger partial charge in [0.2, 0.25) is 0 Å². The van der Waals surface area contributed by atoms with Crippen molar-refractivity contribution in [1.29, 1.82) is 0 Å². The second kappa shape index (κ2) is 8.95. The molecule has 105 valence electrons. The Morgan fingerprint density at radius 1 is 0.789 bits per heavy atom. The van der Waals surface area contributed by atoms with Gasteiger partial charge in [-0.2, -0.15) is 0 Å². The molecule has 19 heavy (non-hydrogen) atoms. The van der Waals surface area contributed by atoms with Crippen LogP contribution in [0.5, 0.6) is 0 Å². The highest BCUT2D eigenvalue weighted by Gasteiger charge is 2.13. The molecule has 5 heteroatoms. The van der Waals surface area contributed by atoms with Crippen molar-refractivity contribution >= 4 is 27.5 Å². The molecule has 0 fully saturated rings. The molecule has 0 heterocycles. The molecule has 0 amide bonds. The fourth-order valence-electron chi connectivity index (χ4n) is 1.80. The third-order valence-corrected chi connectivity index (χ3v) is 3.76. The summed E-state index contributed by atoms with van der Waals surface area (Å²) in [7, 11) is 0. The first kappa shape index (κ1) is 18.0. The van der Waals surface area contributed by atoms with E-state index in [4.69, 9.17) is 7.58 Å². The molecular formula is C14H22AlO4. The summed E-state index contributed by atoms with van der Waals surface area (Å²) < 4.78 is 11.0. The van der Waals surface area contributed by atoms with E-state index in [2.05, 4.69) is 0 Å². The Bertz CT molecular complexity index is 370. The number of ketones is 2. The van der Waals surface area contributed by atoms with Crippen LogP contribution in [0.15, 0.2) is 22.7 Å². The lowest BCUT2D eigenvalue weighted by Gasteiger charge is -2.13. The summed E-state index contributed by atoms with van der Waals surface area (Å²) in [6.07, 6.45) is 1.28. The average molecular weight is 281 g/mol. The van der Waals surface area contributed by atoms with E-state index in [1.165, 1.54) is 13.8 Å². The summed E-state index contributed by atoms with van der Waals surface area (Å²) in [4.78, 5) is 22.7. The van der Waals surface area contributed by atoms with Crippen molar-refractivity contribution < 1.29 is 17.2 Å². The minimum atomic E-state index is -0.761. The average Bonchev–Trinajstić information content (AvgIpc) is 2.29. The summed E-state index contributed by atoms with van der Waals surface area (Å²) in [6, 6.07) is 0. The number of Topliss-reactive ketones (excluding diaryl/α,β-unsaturated/α-hetero) is 2. The predicted molar refractivity (Wildman–Crippen MR) is 75.3 cm³/mol. The lowest BCUT2D eigenvalue weighted by atomic mass is 10.1. The molecule has 0 aromatic rings. The Morgan fingerprint density at radius 2 is 1.11 bits per heavy atom. The Morgan fingerprint density at radius 3 is 1.32 bits per heavy atom. The van der Waals surface area contributed by atoms with Gasteiger partial charge in [-0.15, -0.1) is 0 Å². The number of allylic oxidation sites excluding steroid dienone is 4. The maximum Gasteiger partial charge on any atom is 0.881 e. The van der Waals surface area contributed by atoms with Crippen molar-refractivity contribution in [3.05, 3.63) is 22.7 Å². The van der Waals surface area contributed by atoms with Gasteiger partial charge in [0.05, 0.1) is 11.5 Å². The van der Waals surface area contributed by atoms with Crippen LogP contribution in [0.1, 0.15) is 54.4 Å². The molecule has 0 aromatic heterocycles. The van der Waals surface area contributed by atoms with Crippen LogP contribution in [0.25, 0.3) is 0 Å². The molecule has 0 atom stereocenters. The highest BCUT2D eigenvalue weighted by Crippen LogP contribution is 2.13. The first-order valence-electron chi connectivity index (χ1n) is 6.41. The van der Waals surface area contributed by atoms with Crippen molar-refractivity contribution in [2.45, 2.75) is 54.4 Å². The Hall–Kier alpha value is -1.05. The number of rotatable bonds is 8. The van der Waals surface area contributed by atoms with Crippen LogP contribution in [-0.2, 0) is 17.2 Å². The van der Waals surface area contributed by atoms with E-state index >= 15 is 0 Å². The van der Waals surface area contributed by atoms with Crippen molar-refractivity contribution in [3.8, 4) is 0 Å². The van der Waals surface area contributed by atoms with Crippen molar-refractivity contribution in [3.63, 3.8) is 0 Å². The van der Waals surface area contributed by atoms with Gasteiger partial charge in [-0.25, -0.2) is 0 Å². The standard InChI is InChI=1S/2C7H12O2.Al/c2*1-4-7(5(2)8)6(3)9;/h2*8H,4H2,1-3H3;/q;;+2/p-2/b2*7-5-;. The van der Waals surface area contributed by atoms with E-state index in [-0.39, 0.29) is 11.6 Å². The Balaban J connectivity index is 4.61. The summed E-state index contributed by atoms with van der Waals surface area (Å²) in [5.74, 6) is 1.26. The van der Waals surface area contributed by atoms with Gasteiger partial charge in [-0.05, 0) is 40.5 Å². The number of hydrogen-bond acceptors (Lipinski definition) is 4. The van der Waals surface area contributed by atoms with Gasteiger partial charge >= 0.3 is 15.9 Å². The highest BCUT2D eigenvalue weighted by atomic mass is 27.2. The lowest BCUT2D eigenvalue weighted by molar-refractivity contribution is -0.114. The zero-order chi connectivity index (χ0) is 15.0. The Kier molecular flexibility index (Phi) is 8.46. The predicted octanol–water partition coefficient (Wildman–Crippen LogP) is 3.10. The largest absolute Gasteiger partial charge is 0.881 e. The highest BCUT2D eigenvalue weighted by molar-refractivity contribution is 6.19. The van der Waals surface area contributed by atoms with E-state index in [0.29, 0.717) is 35.5 Å². The van der Waals surface area contributed by atoms with Crippen LogP contribution in [0.2, 0.25) is 0 Å². The van der Waals surface area contributed by atoms with Gasteiger partial charge in [-0.3, -0.25) is 9.59 Å². The normalized spacial score (nSPS) is 13.2. The maximum absolute atomic E-state index is 11.3. The number of carbonyl (C=O) groups excluding carboxylic acids is 2. The molecule has 4 nitrogen and oxygen atoms in total. The van der Waals surface area contributed by atoms with Crippen LogP contribution in [0.4, 0.5) is 0 Å². The van der Waals surface area contributed by atoms with Crippen LogP contribution in [0, 0.1) is 0 Å². The SMILES string of the molecule is CC/C(C(C)=O)=C(\C)[O][Al][O]/C(C)=C(/CC)C(C)=O. The maximum atomic E-state index is 11.3. The van der Waals surface area contributed by atoms with E-state index < -0.39 is 15.9 Å². The zero-order valence-electron chi connectivity index (χ0n) is 12.6. The summed E-state index contributed by atoms with van der Waals surface area (Å²) in [5.41, 5.74) is 1.36. The molecule has 0 rings (SSSR count). The topological polar surface area (TPSA) is 52.6 Å². The van der Waals surface area contributed by atoms with Crippen LogP contribution >= 0.6 is 0 Å². The number of carbonyl (C=O) groups is 2. The van der Waals surface area contributed by atoms with Crippen LogP contribution in [-0.4, -0.2) is 27.5 Å². The van der Waals surface area contributed by atoms with E-state index in [9.17, 15) is 9.59 Å². The molecule has 0 aliphatic rings. The third kappa shape index (κ3) is 6.09. The molecule has 0 spiro atoms. The number of hydrogen-bond donors (Lipinski definition) is 0. The second-order valence-corrected chi connectivity index (χ2v) is 4.88. The van der Waals surface area contributed by atoms with E-state index in [1.54, 1.807) is 13.8 Å². The van der Waals surface area contributed by atoms with Gasteiger partial charge < -0.3 is 7.58 Å². The summed E-state index contributed by atoms with van der Waals surface area (Å²) in [6.45, 7) is 10.4. The van der Waals surface area contributed by atoms with Crippen LogP contribution in [0.3, 0.4) is 0 Å². The van der Waals surface area contributed by atoms with Crippen molar-refractivity contribution in [2.24, 2.45) is 0 Å². The van der Waals surface area contributed by atoms with E-state index in [0.717, 1.165) is 0 Å². The summed E-state index contributed by atoms with van der Waals surface area (Å²) >= 11 is -0.761. The quantitative estimate of drug-likeness (QED) is 0.390. The Labute approximate surface area is 122 Å². The van der Waals surface area contributed by atoms with E-state index in [1.807, 2.05) is 13.8 Å². The second-order valence-electron chi connectivity index (χ2n) is 4.22. The molecule has 1 radical (unpaired) electrons. The minimum Gasteiger partial charge on any atom is -0.619 e. The summed E-state index contributed by atoms with van der Waals surface area (Å²) in [5, 5.41) is 0. The molecule has 0 unspecified atom stereocenters. The van der Waals surface area contributed by atoms with Gasteiger partial charge in [-0.1, -0.05) is 13.8 Å².